The Balaban J connectivity index is 0.845. The van der Waals surface area contributed by atoms with Gasteiger partial charge in [-0.15, -0.1) is 11.3 Å². The van der Waals surface area contributed by atoms with Crippen molar-refractivity contribution < 1.29 is 33.4 Å². The average molecular weight is 986 g/mol. The van der Waals surface area contributed by atoms with Crippen molar-refractivity contribution in [3.8, 4) is 33.4 Å². The van der Waals surface area contributed by atoms with Crippen LogP contribution in [0.1, 0.15) is 82.7 Å². The molecule has 366 valence electrons. The highest BCUT2D eigenvalue weighted by Crippen LogP contribution is 2.39. The minimum absolute atomic E-state index is 0.0597. The number of hydrogen-bond acceptors (Lipinski definition) is 11. The Morgan fingerprint density at radius 3 is 2.33 bits per heavy atom. The molecule has 7 rings (SSSR count). The number of ketones is 1. The normalized spacial score (nSPS) is 17.4. The molecule has 4 aromatic carbocycles. The van der Waals surface area contributed by atoms with Gasteiger partial charge in [0.05, 0.1) is 64.4 Å². The zero-order valence-corrected chi connectivity index (χ0v) is 42.3. The highest BCUT2D eigenvalue weighted by atomic mass is 32.1. The summed E-state index contributed by atoms with van der Waals surface area (Å²) in [6, 6.07) is 26.4. The molecule has 3 amide bonds. The maximum absolute atomic E-state index is 15.9. The number of aliphatic hydroxyl groups excluding tert-OH is 1. The summed E-state index contributed by atoms with van der Waals surface area (Å²) in [5, 5.41) is 25.9. The summed E-state index contributed by atoms with van der Waals surface area (Å²) in [5.74, 6) is -0.891. The maximum atomic E-state index is 15.9. The molecule has 0 spiro atoms. The highest BCUT2D eigenvalue weighted by Gasteiger charge is 2.51. The fourth-order valence-corrected chi connectivity index (χ4v) is 10.2. The molecule has 2 aliphatic heterocycles. The summed E-state index contributed by atoms with van der Waals surface area (Å²) in [4.78, 5) is 63.5. The van der Waals surface area contributed by atoms with E-state index >= 15 is 4.39 Å². The lowest BCUT2D eigenvalue weighted by atomic mass is 9.86. The van der Waals surface area contributed by atoms with Crippen LogP contribution in [0.5, 0.6) is 5.75 Å². The largest absolute Gasteiger partial charge is 0.494 e. The second-order valence-corrected chi connectivity index (χ2v) is 20.8. The van der Waals surface area contributed by atoms with Gasteiger partial charge < -0.3 is 25.4 Å². The molecule has 2 saturated heterocycles. The van der Waals surface area contributed by atoms with Crippen molar-refractivity contribution in [3.05, 3.63) is 119 Å². The number of nitrogens with zero attached hydrogens (tertiary/aromatic N) is 5. The van der Waals surface area contributed by atoms with Gasteiger partial charge in [0.1, 0.15) is 22.9 Å². The number of ether oxygens (including phenoxy) is 1. The van der Waals surface area contributed by atoms with Gasteiger partial charge in [-0.05, 0) is 135 Å². The first kappa shape index (κ1) is 51.5. The van der Waals surface area contributed by atoms with Crippen LogP contribution in [0.4, 0.5) is 15.8 Å². The molecule has 3 N–H and O–H groups in total. The quantitative estimate of drug-likeness (QED) is 0.0569. The van der Waals surface area contributed by atoms with E-state index in [0.717, 1.165) is 27.3 Å². The van der Waals surface area contributed by atoms with Crippen molar-refractivity contribution in [1.29, 1.82) is 5.26 Å². The van der Waals surface area contributed by atoms with E-state index in [1.165, 1.54) is 15.9 Å². The predicted molar refractivity (Wildman–Crippen MR) is 275 cm³/mol. The number of nitrogens with one attached hydrogen (secondary N) is 2. The number of benzene rings is 4. The number of aromatic nitrogens is 1. The van der Waals surface area contributed by atoms with E-state index in [1.54, 1.807) is 86.7 Å². The minimum Gasteiger partial charge on any atom is -0.494 e. The molecule has 1 aromatic heterocycles. The fraction of sp³-hybridized carbons (Fsp3) is 0.389. The average Bonchev–Trinajstić information content (AvgIpc) is 3.97. The van der Waals surface area contributed by atoms with Gasteiger partial charge in [0.15, 0.2) is 5.11 Å². The molecule has 2 fully saturated rings. The third kappa shape index (κ3) is 11.8. The van der Waals surface area contributed by atoms with Crippen LogP contribution in [0.3, 0.4) is 0 Å². The van der Waals surface area contributed by atoms with Crippen LogP contribution in [0.25, 0.3) is 21.6 Å². The lowest BCUT2D eigenvalue weighted by molar-refractivity contribution is -0.127. The molecule has 3 heterocycles. The van der Waals surface area contributed by atoms with Gasteiger partial charge in [-0.1, -0.05) is 63.2 Å². The first-order valence-electron chi connectivity index (χ1n) is 23.5. The smallest absolute Gasteiger partial charge is 0.259 e. The zero-order valence-electron chi connectivity index (χ0n) is 40.7. The van der Waals surface area contributed by atoms with E-state index < -0.39 is 23.5 Å². The molecular weight excluding hydrogens is 926 g/mol. The van der Waals surface area contributed by atoms with Crippen LogP contribution in [-0.2, 0) is 25.6 Å². The van der Waals surface area contributed by atoms with Gasteiger partial charge in [0.2, 0.25) is 11.8 Å². The molecule has 0 saturated carbocycles. The van der Waals surface area contributed by atoms with E-state index in [2.05, 4.69) is 33.8 Å². The monoisotopic (exact) mass is 985 g/mol. The third-order valence-corrected chi connectivity index (χ3v) is 14.4. The number of anilines is 2. The molecule has 0 unspecified atom stereocenters. The topological polar surface area (TPSA) is 168 Å². The van der Waals surface area contributed by atoms with E-state index in [9.17, 15) is 29.5 Å². The lowest BCUT2D eigenvalue weighted by Gasteiger charge is -2.36. The number of likely N-dealkylation sites (tertiary alicyclic amines) is 1. The van der Waals surface area contributed by atoms with E-state index in [1.807, 2.05) is 50.2 Å². The number of carbonyl (C=O) groups excluding carboxylic acids is 4. The van der Waals surface area contributed by atoms with Gasteiger partial charge in [-0.25, -0.2) is 9.37 Å². The number of amides is 3. The number of thiazole rings is 1. The fourth-order valence-electron chi connectivity index (χ4n) is 8.91. The molecule has 16 heteroatoms. The highest BCUT2D eigenvalue weighted by molar-refractivity contribution is 7.81. The Kier molecular flexibility index (Phi) is 16.0. The second kappa shape index (κ2) is 21.7. The first-order valence-corrected chi connectivity index (χ1v) is 24.8. The molecule has 5 aromatic rings. The Hall–Kier alpha value is -6.38. The van der Waals surface area contributed by atoms with Crippen molar-refractivity contribution >= 4 is 63.5 Å². The van der Waals surface area contributed by atoms with Crippen LogP contribution in [0.15, 0.2) is 90.4 Å². The van der Waals surface area contributed by atoms with Crippen molar-refractivity contribution in [2.24, 2.45) is 5.41 Å². The van der Waals surface area contributed by atoms with Crippen molar-refractivity contribution in [2.75, 3.05) is 36.0 Å². The summed E-state index contributed by atoms with van der Waals surface area (Å²) in [6.07, 6.45) is 1.17. The molecule has 3 atom stereocenters. The summed E-state index contributed by atoms with van der Waals surface area (Å²) >= 11 is 7.35. The Bertz CT molecular complexity index is 2800. The van der Waals surface area contributed by atoms with Crippen molar-refractivity contribution in [3.63, 3.8) is 0 Å². The SMILES string of the molecule is Cc1cc(N2C(=O)C(C)(C)N(c3ccc(-c4ccc(OCCCC(=O)NCC(=O)N[C@H](CN5C[C@H](O)C[C@H]5C(=O)CCc5ccc(-c6scnc6C)cc5)C(C)(C)C)cc4)cc3F)C2=S)ccc1C#N. The van der Waals surface area contributed by atoms with Crippen LogP contribution in [0.2, 0.25) is 0 Å². The molecule has 2 aliphatic rings. The predicted octanol–water partition coefficient (Wildman–Crippen LogP) is 8.46. The van der Waals surface area contributed by atoms with Gasteiger partial charge in [-0.2, -0.15) is 5.26 Å². The lowest BCUT2D eigenvalue weighted by Crippen LogP contribution is -2.54. The molecule has 0 radical (unpaired) electrons. The van der Waals surface area contributed by atoms with Crippen LogP contribution in [-0.4, -0.2) is 93.6 Å². The maximum Gasteiger partial charge on any atom is 0.259 e. The number of halogens is 1. The summed E-state index contributed by atoms with van der Waals surface area (Å²) in [6.45, 7) is 13.9. The number of carbonyl (C=O) groups is 4. The van der Waals surface area contributed by atoms with E-state index in [0.29, 0.717) is 66.9 Å². The minimum atomic E-state index is -1.18. The van der Waals surface area contributed by atoms with Crippen LogP contribution >= 0.6 is 23.6 Å². The Morgan fingerprint density at radius 2 is 1.69 bits per heavy atom. The Labute approximate surface area is 418 Å². The van der Waals surface area contributed by atoms with Gasteiger partial charge in [0, 0.05) is 32.0 Å². The number of thiocarbonyl (C=S) groups is 1. The number of rotatable bonds is 18. The molecule has 13 nitrogen and oxygen atoms in total. The third-order valence-electron chi connectivity index (χ3n) is 13.1. The molecule has 0 bridgehead atoms. The standard InChI is InChI=1S/C54H60FN7O6S2/c1-33-25-40(19-15-39(33)28-56)61-51(67)54(6,7)62(52(61)69)44-22-18-38(26-43(44)55)36-16-20-42(21-17-36)68-24-8-9-48(65)57-29-49(66)59-47(53(3,4)5)31-60-30-41(63)27-45(60)46(64)23-12-35-10-13-37(14-11-35)50-34(2)58-32-70-50/h10-11,13-22,25-26,32,41,45,47,63H,8-9,12,23-24,27,29-31H2,1-7H3,(H,57,65)(H,59,66)/t41-,45+,47-/m1/s1. The number of Topliss-reactive ketones (excluding diaryl/α,β-unsaturated/α-hetero) is 1. The number of aryl methyl sites for hydroxylation is 3. The summed E-state index contributed by atoms with van der Waals surface area (Å²) < 4.78 is 21.8. The molecular formula is C54H60FN7O6S2. The van der Waals surface area contributed by atoms with Gasteiger partial charge >= 0.3 is 0 Å². The van der Waals surface area contributed by atoms with Gasteiger partial charge in [0.25, 0.3) is 5.91 Å². The van der Waals surface area contributed by atoms with Crippen LogP contribution in [0, 0.1) is 36.4 Å². The first-order chi connectivity index (χ1) is 33.2. The number of β-amino-alcohol motifs (C(OH)–C–C–N with tert-alkyl or cyclic N) is 1. The summed E-state index contributed by atoms with van der Waals surface area (Å²) in [5.41, 5.74) is 6.62. The number of nitriles is 1. The van der Waals surface area contributed by atoms with Crippen molar-refractivity contribution in [1.82, 2.24) is 20.5 Å². The second-order valence-electron chi connectivity index (χ2n) is 19.6. The van der Waals surface area contributed by atoms with Crippen molar-refractivity contribution in [2.45, 2.75) is 104 Å². The molecule has 70 heavy (non-hydrogen) atoms. The number of aliphatic hydroxyl groups is 1. The van der Waals surface area contributed by atoms with E-state index in [4.69, 9.17) is 17.0 Å². The van der Waals surface area contributed by atoms with E-state index in [-0.39, 0.29) is 65.3 Å². The number of hydrogen-bond donors (Lipinski definition) is 3. The van der Waals surface area contributed by atoms with Crippen LogP contribution < -0.4 is 25.2 Å². The zero-order chi connectivity index (χ0) is 50.5. The Morgan fingerprint density at radius 1 is 0.986 bits per heavy atom. The summed E-state index contributed by atoms with van der Waals surface area (Å²) in [7, 11) is 0. The van der Waals surface area contributed by atoms with Gasteiger partial charge in [-0.3, -0.25) is 29.0 Å². The molecule has 0 aliphatic carbocycles.